The predicted octanol–water partition coefficient (Wildman–Crippen LogP) is 0.847. The summed E-state index contributed by atoms with van der Waals surface area (Å²) in [7, 11) is 0. The molecule has 16 heavy (non-hydrogen) atoms. The van der Waals surface area contributed by atoms with Crippen LogP contribution in [-0.2, 0) is 11.2 Å². The molecule has 0 saturated carbocycles. The SMILES string of the molecule is NNc1ccc(CCN2CCOCC2)cc1. The van der Waals surface area contributed by atoms with Crippen LogP contribution in [0, 0.1) is 0 Å². The van der Waals surface area contributed by atoms with E-state index in [-0.39, 0.29) is 0 Å². The third kappa shape index (κ3) is 3.20. The quantitative estimate of drug-likeness (QED) is 0.584. The number of hydrazine groups is 1. The Morgan fingerprint density at radius 2 is 1.88 bits per heavy atom. The number of morpholine rings is 1. The van der Waals surface area contributed by atoms with Crippen molar-refractivity contribution in [2.45, 2.75) is 6.42 Å². The van der Waals surface area contributed by atoms with Crippen LogP contribution in [0.1, 0.15) is 5.56 Å². The van der Waals surface area contributed by atoms with E-state index in [1.807, 2.05) is 12.1 Å². The number of nitrogens with zero attached hydrogens (tertiary/aromatic N) is 1. The van der Waals surface area contributed by atoms with Gasteiger partial charge in [-0.05, 0) is 24.1 Å². The fraction of sp³-hybridized carbons (Fsp3) is 0.500. The molecular formula is C12H19N3O. The summed E-state index contributed by atoms with van der Waals surface area (Å²) in [5.41, 5.74) is 4.94. The van der Waals surface area contributed by atoms with E-state index in [0.717, 1.165) is 45.0 Å². The topological polar surface area (TPSA) is 50.5 Å². The fourth-order valence-electron chi connectivity index (χ4n) is 1.88. The average molecular weight is 221 g/mol. The van der Waals surface area contributed by atoms with E-state index in [4.69, 9.17) is 10.6 Å². The van der Waals surface area contributed by atoms with E-state index in [9.17, 15) is 0 Å². The Hall–Kier alpha value is -1.10. The molecule has 88 valence electrons. The number of ether oxygens (including phenoxy) is 1. The number of nitrogen functional groups attached to an aromatic ring is 1. The number of hydrogen-bond acceptors (Lipinski definition) is 4. The Labute approximate surface area is 96.3 Å². The van der Waals surface area contributed by atoms with Crippen molar-refractivity contribution >= 4 is 5.69 Å². The number of hydrogen-bond donors (Lipinski definition) is 2. The summed E-state index contributed by atoms with van der Waals surface area (Å²) >= 11 is 0. The van der Waals surface area contributed by atoms with Crippen LogP contribution in [0.2, 0.25) is 0 Å². The number of anilines is 1. The normalized spacial score (nSPS) is 17.3. The highest BCUT2D eigenvalue weighted by atomic mass is 16.5. The Kier molecular flexibility index (Phi) is 4.16. The molecule has 1 fully saturated rings. The monoisotopic (exact) mass is 221 g/mol. The van der Waals surface area contributed by atoms with Crippen molar-refractivity contribution in [3.63, 3.8) is 0 Å². The van der Waals surface area contributed by atoms with Gasteiger partial charge in [-0.25, -0.2) is 0 Å². The lowest BCUT2D eigenvalue weighted by atomic mass is 10.1. The lowest BCUT2D eigenvalue weighted by Crippen LogP contribution is -2.37. The summed E-state index contributed by atoms with van der Waals surface area (Å²) in [6, 6.07) is 8.26. The van der Waals surface area contributed by atoms with E-state index in [1.165, 1.54) is 5.56 Å². The zero-order valence-electron chi connectivity index (χ0n) is 9.48. The zero-order valence-corrected chi connectivity index (χ0v) is 9.48. The first kappa shape index (κ1) is 11.4. The van der Waals surface area contributed by atoms with Crippen LogP contribution >= 0.6 is 0 Å². The molecule has 0 aliphatic carbocycles. The Morgan fingerprint density at radius 3 is 2.50 bits per heavy atom. The van der Waals surface area contributed by atoms with Crippen molar-refractivity contribution < 1.29 is 4.74 Å². The summed E-state index contributed by atoms with van der Waals surface area (Å²) in [5.74, 6) is 5.32. The molecule has 0 amide bonds. The molecule has 1 saturated heterocycles. The van der Waals surface area contributed by atoms with Gasteiger partial charge in [-0.2, -0.15) is 0 Å². The smallest absolute Gasteiger partial charge is 0.0594 e. The van der Waals surface area contributed by atoms with Crippen LogP contribution in [0.15, 0.2) is 24.3 Å². The molecule has 0 radical (unpaired) electrons. The van der Waals surface area contributed by atoms with Crippen molar-refractivity contribution in [3.05, 3.63) is 29.8 Å². The average Bonchev–Trinajstić information content (AvgIpc) is 2.38. The highest BCUT2D eigenvalue weighted by Crippen LogP contribution is 2.09. The van der Waals surface area contributed by atoms with Crippen molar-refractivity contribution in [1.82, 2.24) is 4.90 Å². The van der Waals surface area contributed by atoms with Crippen molar-refractivity contribution in [3.8, 4) is 0 Å². The molecule has 2 rings (SSSR count). The van der Waals surface area contributed by atoms with Gasteiger partial charge in [0.1, 0.15) is 0 Å². The molecule has 0 bridgehead atoms. The van der Waals surface area contributed by atoms with Gasteiger partial charge in [0, 0.05) is 25.3 Å². The second-order valence-corrected chi connectivity index (χ2v) is 4.05. The van der Waals surface area contributed by atoms with Crippen molar-refractivity contribution in [1.29, 1.82) is 0 Å². The fourth-order valence-corrected chi connectivity index (χ4v) is 1.88. The zero-order chi connectivity index (χ0) is 11.2. The molecule has 0 aromatic heterocycles. The molecule has 1 heterocycles. The third-order valence-electron chi connectivity index (χ3n) is 2.94. The lowest BCUT2D eigenvalue weighted by Gasteiger charge is -2.26. The number of benzene rings is 1. The molecule has 3 N–H and O–H groups in total. The standard InChI is InChI=1S/C12H19N3O/c13-14-12-3-1-11(2-4-12)5-6-15-7-9-16-10-8-15/h1-4,14H,5-10,13H2. The molecule has 4 heteroatoms. The summed E-state index contributed by atoms with van der Waals surface area (Å²) in [4.78, 5) is 2.44. The van der Waals surface area contributed by atoms with Crippen LogP contribution in [0.5, 0.6) is 0 Å². The molecule has 1 aliphatic heterocycles. The predicted molar refractivity (Wildman–Crippen MR) is 65.2 cm³/mol. The van der Waals surface area contributed by atoms with E-state index >= 15 is 0 Å². The minimum absolute atomic E-state index is 0.871. The van der Waals surface area contributed by atoms with Gasteiger partial charge in [0.15, 0.2) is 0 Å². The first-order chi connectivity index (χ1) is 7.88. The van der Waals surface area contributed by atoms with Gasteiger partial charge in [0.25, 0.3) is 0 Å². The van der Waals surface area contributed by atoms with E-state index in [2.05, 4.69) is 22.5 Å². The first-order valence-electron chi connectivity index (χ1n) is 5.74. The minimum Gasteiger partial charge on any atom is -0.379 e. The van der Waals surface area contributed by atoms with Gasteiger partial charge in [-0.1, -0.05) is 12.1 Å². The molecule has 0 unspecified atom stereocenters. The molecule has 1 aromatic carbocycles. The van der Waals surface area contributed by atoms with Crippen LogP contribution in [0.25, 0.3) is 0 Å². The van der Waals surface area contributed by atoms with Gasteiger partial charge >= 0.3 is 0 Å². The van der Waals surface area contributed by atoms with Crippen LogP contribution in [0.3, 0.4) is 0 Å². The summed E-state index contributed by atoms with van der Waals surface area (Å²) in [5, 5.41) is 0. The largest absolute Gasteiger partial charge is 0.379 e. The second kappa shape index (κ2) is 5.84. The minimum atomic E-state index is 0.871. The first-order valence-corrected chi connectivity index (χ1v) is 5.74. The van der Waals surface area contributed by atoms with Crippen molar-refractivity contribution in [2.75, 3.05) is 38.3 Å². The molecule has 1 aliphatic rings. The Bertz CT molecular complexity index is 307. The number of nitrogens with two attached hydrogens (primary N) is 1. The number of nitrogens with one attached hydrogen (secondary N) is 1. The van der Waals surface area contributed by atoms with Gasteiger partial charge in [0.2, 0.25) is 0 Å². The van der Waals surface area contributed by atoms with Crippen LogP contribution in [-0.4, -0.2) is 37.7 Å². The molecular weight excluding hydrogens is 202 g/mol. The second-order valence-electron chi connectivity index (χ2n) is 4.05. The summed E-state index contributed by atoms with van der Waals surface area (Å²) in [6.45, 7) is 4.97. The lowest BCUT2D eigenvalue weighted by molar-refractivity contribution is 0.0384. The van der Waals surface area contributed by atoms with Crippen molar-refractivity contribution in [2.24, 2.45) is 5.84 Å². The van der Waals surface area contributed by atoms with Gasteiger partial charge in [0.05, 0.1) is 13.2 Å². The Balaban J connectivity index is 1.79. The summed E-state index contributed by atoms with van der Waals surface area (Å²) < 4.78 is 5.32. The highest BCUT2D eigenvalue weighted by molar-refractivity contribution is 5.43. The third-order valence-corrected chi connectivity index (χ3v) is 2.94. The highest BCUT2D eigenvalue weighted by Gasteiger charge is 2.09. The molecule has 0 spiro atoms. The van der Waals surface area contributed by atoms with Gasteiger partial charge < -0.3 is 10.2 Å². The molecule has 0 atom stereocenters. The summed E-state index contributed by atoms with van der Waals surface area (Å²) in [6.07, 6.45) is 1.09. The molecule has 4 nitrogen and oxygen atoms in total. The van der Waals surface area contributed by atoms with Crippen LogP contribution < -0.4 is 11.3 Å². The van der Waals surface area contributed by atoms with E-state index < -0.39 is 0 Å². The van der Waals surface area contributed by atoms with E-state index in [1.54, 1.807) is 0 Å². The molecule has 1 aromatic rings. The number of rotatable bonds is 4. The van der Waals surface area contributed by atoms with Gasteiger partial charge in [-0.15, -0.1) is 0 Å². The maximum Gasteiger partial charge on any atom is 0.0594 e. The van der Waals surface area contributed by atoms with E-state index in [0.29, 0.717) is 0 Å². The van der Waals surface area contributed by atoms with Gasteiger partial charge in [-0.3, -0.25) is 10.7 Å². The maximum absolute atomic E-state index is 5.32. The Morgan fingerprint density at radius 1 is 1.19 bits per heavy atom. The van der Waals surface area contributed by atoms with Crippen LogP contribution in [0.4, 0.5) is 5.69 Å². The maximum atomic E-state index is 5.32.